The van der Waals surface area contributed by atoms with E-state index in [1.807, 2.05) is 61.5 Å². The van der Waals surface area contributed by atoms with Crippen LogP contribution in [0.25, 0.3) is 0 Å². The van der Waals surface area contributed by atoms with Crippen molar-refractivity contribution in [1.29, 1.82) is 0 Å². The van der Waals surface area contributed by atoms with E-state index in [1.54, 1.807) is 17.0 Å². The highest BCUT2D eigenvalue weighted by Gasteiger charge is 2.40. The number of allylic oxidation sites excluding steroid dienone is 1. The van der Waals surface area contributed by atoms with Gasteiger partial charge >= 0.3 is 0 Å². The summed E-state index contributed by atoms with van der Waals surface area (Å²) in [5, 5.41) is 14.8. The average Bonchev–Trinajstić information content (AvgIpc) is 2.99. The third kappa shape index (κ3) is 4.10. The van der Waals surface area contributed by atoms with Crippen molar-refractivity contribution < 1.29 is 14.5 Å². The lowest BCUT2D eigenvalue weighted by atomic mass is 9.78. The van der Waals surface area contributed by atoms with Gasteiger partial charge in [-0.15, -0.1) is 0 Å². The molecular weight excluding hydrogens is 442 g/mol. The Hall–Kier alpha value is -4.26. The second kappa shape index (κ2) is 8.83. The number of benzene rings is 3. The first-order chi connectivity index (χ1) is 16.8. The number of ketones is 1. The summed E-state index contributed by atoms with van der Waals surface area (Å²) < 4.78 is 0. The van der Waals surface area contributed by atoms with Crippen molar-refractivity contribution in [1.82, 2.24) is 0 Å². The van der Waals surface area contributed by atoms with Gasteiger partial charge in [0.25, 0.3) is 5.69 Å². The van der Waals surface area contributed by atoms with E-state index in [9.17, 15) is 19.7 Å². The van der Waals surface area contributed by atoms with Crippen LogP contribution < -0.4 is 10.2 Å². The van der Waals surface area contributed by atoms with Crippen LogP contribution in [0, 0.1) is 17.0 Å². The maximum Gasteiger partial charge on any atom is 0.269 e. The van der Waals surface area contributed by atoms with Gasteiger partial charge < -0.3 is 5.32 Å². The summed E-state index contributed by atoms with van der Waals surface area (Å²) in [4.78, 5) is 39.4. The monoisotopic (exact) mass is 467 g/mol. The normalized spacial score (nSPS) is 19.4. The predicted molar refractivity (Wildman–Crippen MR) is 134 cm³/mol. The van der Waals surface area contributed by atoms with Gasteiger partial charge in [-0.25, -0.2) is 0 Å². The Morgan fingerprint density at radius 1 is 1.00 bits per heavy atom. The molecule has 3 aromatic rings. The summed E-state index contributed by atoms with van der Waals surface area (Å²) in [7, 11) is 0. The molecule has 0 fully saturated rings. The van der Waals surface area contributed by atoms with Gasteiger partial charge in [-0.05, 0) is 42.5 Å². The van der Waals surface area contributed by atoms with Crippen LogP contribution in [0.4, 0.5) is 17.1 Å². The zero-order valence-corrected chi connectivity index (χ0v) is 19.5. The highest BCUT2D eigenvalue weighted by molar-refractivity contribution is 6.06. The molecule has 176 valence electrons. The second-order valence-electron chi connectivity index (χ2n) is 9.12. The van der Waals surface area contributed by atoms with Gasteiger partial charge in [0, 0.05) is 36.7 Å². The van der Waals surface area contributed by atoms with Gasteiger partial charge in [0.1, 0.15) is 0 Å². The topological polar surface area (TPSA) is 92.6 Å². The Labute approximate surface area is 203 Å². The summed E-state index contributed by atoms with van der Waals surface area (Å²) >= 11 is 0. The molecule has 0 radical (unpaired) electrons. The van der Waals surface area contributed by atoms with E-state index in [4.69, 9.17) is 0 Å². The number of amides is 1. The highest BCUT2D eigenvalue weighted by atomic mass is 16.6. The van der Waals surface area contributed by atoms with Crippen molar-refractivity contribution in [2.24, 2.45) is 0 Å². The van der Waals surface area contributed by atoms with Crippen molar-refractivity contribution >= 4 is 28.8 Å². The first-order valence-electron chi connectivity index (χ1n) is 11.6. The summed E-state index contributed by atoms with van der Waals surface area (Å²) in [6.07, 6.45) is 0.719. The number of hydrogen-bond acceptors (Lipinski definition) is 5. The highest BCUT2D eigenvalue weighted by Crippen LogP contribution is 2.47. The minimum Gasteiger partial charge on any atom is -0.357 e. The number of nitrogens with zero attached hydrogens (tertiary/aromatic N) is 2. The average molecular weight is 468 g/mol. The molecule has 5 rings (SSSR count). The van der Waals surface area contributed by atoms with E-state index in [1.165, 1.54) is 13.0 Å². The molecule has 7 heteroatoms. The number of nitrogens with one attached hydrogen (secondary N) is 1. The van der Waals surface area contributed by atoms with Crippen molar-refractivity contribution in [3.8, 4) is 0 Å². The van der Waals surface area contributed by atoms with Gasteiger partial charge in [0.2, 0.25) is 5.91 Å². The van der Waals surface area contributed by atoms with E-state index < -0.39 is 11.0 Å². The largest absolute Gasteiger partial charge is 0.357 e. The second-order valence-corrected chi connectivity index (χ2v) is 9.12. The fourth-order valence-electron chi connectivity index (χ4n) is 5.13. The fourth-order valence-corrected chi connectivity index (χ4v) is 5.13. The van der Waals surface area contributed by atoms with Gasteiger partial charge in [-0.2, -0.15) is 0 Å². The van der Waals surface area contributed by atoms with Gasteiger partial charge in [-0.1, -0.05) is 54.1 Å². The zero-order chi connectivity index (χ0) is 24.7. The number of para-hydroxylation sites is 2. The number of carbonyl (C=O) groups excluding carboxylic acids is 2. The number of nitro groups is 1. The molecular formula is C28H25N3O4. The SMILES string of the molecule is CC(=O)N1c2ccccc2NC2=C(C(=O)CC(c3cccc([N+](=O)[O-])c3)C2)C1c1ccc(C)cc1. The molecule has 0 bridgehead atoms. The number of carbonyl (C=O) groups is 2. The maximum atomic E-state index is 13.8. The summed E-state index contributed by atoms with van der Waals surface area (Å²) in [6.45, 7) is 3.51. The van der Waals surface area contributed by atoms with Crippen molar-refractivity contribution in [2.75, 3.05) is 10.2 Å². The maximum absolute atomic E-state index is 13.8. The number of hydrogen-bond donors (Lipinski definition) is 1. The molecule has 2 atom stereocenters. The quantitative estimate of drug-likeness (QED) is 0.387. The molecule has 0 spiro atoms. The van der Waals surface area contributed by atoms with E-state index in [0.717, 1.165) is 28.1 Å². The number of anilines is 2. The third-order valence-corrected chi connectivity index (χ3v) is 6.77. The minimum absolute atomic E-state index is 0.00850. The van der Waals surface area contributed by atoms with E-state index in [2.05, 4.69) is 5.32 Å². The third-order valence-electron chi connectivity index (χ3n) is 6.77. The molecule has 1 N–H and O–H groups in total. The molecule has 35 heavy (non-hydrogen) atoms. The van der Waals surface area contributed by atoms with E-state index >= 15 is 0 Å². The number of rotatable bonds is 3. The molecule has 1 heterocycles. The smallest absolute Gasteiger partial charge is 0.269 e. The van der Waals surface area contributed by atoms with Crippen molar-refractivity contribution in [3.05, 3.63) is 111 Å². The Bertz CT molecular complexity index is 1380. The van der Waals surface area contributed by atoms with Crippen LogP contribution in [0.15, 0.2) is 84.1 Å². The number of non-ortho nitro benzene ring substituents is 1. The van der Waals surface area contributed by atoms with Crippen LogP contribution in [-0.2, 0) is 9.59 Å². The predicted octanol–water partition coefficient (Wildman–Crippen LogP) is 5.82. The molecule has 0 saturated carbocycles. The molecule has 2 unspecified atom stereocenters. The number of aryl methyl sites for hydroxylation is 1. The molecule has 1 aliphatic heterocycles. The molecule has 0 aromatic heterocycles. The van der Waals surface area contributed by atoms with Crippen molar-refractivity contribution in [3.63, 3.8) is 0 Å². The van der Waals surface area contributed by atoms with Crippen LogP contribution in [0.1, 0.15) is 48.4 Å². The van der Waals surface area contributed by atoms with Crippen LogP contribution >= 0.6 is 0 Å². The number of fused-ring (bicyclic) bond motifs is 1. The lowest BCUT2D eigenvalue weighted by Gasteiger charge is -2.34. The molecule has 7 nitrogen and oxygen atoms in total. The molecule has 2 aliphatic rings. The lowest BCUT2D eigenvalue weighted by molar-refractivity contribution is -0.384. The first-order valence-corrected chi connectivity index (χ1v) is 11.6. The summed E-state index contributed by atoms with van der Waals surface area (Å²) in [5.41, 5.74) is 5.49. The zero-order valence-electron chi connectivity index (χ0n) is 19.5. The molecule has 3 aromatic carbocycles. The molecule has 1 aliphatic carbocycles. The van der Waals surface area contributed by atoms with Gasteiger partial charge in [-0.3, -0.25) is 24.6 Å². The Balaban J connectivity index is 1.67. The summed E-state index contributed by atoms with van der Waals surface area (Å²) in [6, 6.07) is 21.4. The van der Waals surface area contributed by atoms with Gasteiger partial charge in [0.15, 0.2) is 5.78 Å². The summed E-state index contributed by atoms with van der Waals surface area (Å²) in [5.74, 6) is -0.435. The van der Waals surface area contributed by atoms with E-state index in [0.29, 0.717) is 17.7 Å². The standard InChI is InChI=1S/C28H25N3O4/c1-17-10-12-19(13-11-17)28-27-24(29-23-8-3-4-9-25(23)30(28)18(2)32)15-21(16-26(27)33)20-6-5-7-22(14-20)31(34)35/h3-14,21,28-29H,15-16H2,1-2H3. The fraction of sp³-hybridized carbons (Fsp3) is 0.214. The molecule has 1 amide bonds. The molecule has 0 saturated heterocycles. The lowest BCUT2D eigenvalue weighted by Crippen LogP contribution is -2.37. The van der Waals surface area contributed by atoms with Crippen LogP contribution in [0.5, 0.6) is 0 Å². The number of nitro benzene ring substituents is 1. The van der Waals surface area contributed by atoms with Crippen molar-refractivity contribution in [2.45, 2.75) is 38.6 Å². The number of Topliss-reactive ketones (excluding diaryl/α,β-unsaturated/α-hetero) is 1. The van der Waals surface area contributed by atoms with E-state index in [-0.39, 0.29) is 29.7 Å². The Kier molecular flexibility index (Phi) is 5.68. The minimum atomic E-state index is -0.571. The van der Waals surface area contributed by atoms with Crippen LogP contribution in [0.2, 0.25) is 0 Å². The van der Waals surface area contributed by atoms with Crippen LogP contribution in [0.3, 0.4) is 0 Å². The Morgan fingerprint density at radius 3 is 2.46 bits per heavy atom. The van der Waals surface area contributed by atoms with Crippen LogP contribution in [-0.4, -0.2) is 16.6 Å². The Morgan fingerprint density at radius 2 is 1.74 bits per heavy atom. The van der Waals surface area contributed by atoms with Gasteiger partial charge in [0.05, 0.1) is 22.3 Å². The first kappa shape index (κ1) is 22.5.